The summed E-state index contributed by atoms with van der Waals surface area (Å²) in [4.78, 5) is 36.7. The highest BCUT2D eigenvalue weighted by atomic mass is 16.5. The molecule has 1 aliphatic rings. The van der Waals surface area contributed by atoms with Crippen LogP contribution in [-0.2, 0) is 20.7 Å². The van der Waals surface area contributed by atoms with Gasteiger partial charge in [-0.2, -0.15) is 0 Å². The molecule has 0 saturated heterocycles. The van der Waals surface area contributed by atoms with Gasteiger partial charge >= 0.3 is 12.1 Å². The van der Waals surface area contributed by atoms with Gasteiger partial charge in [-0.25, -0.2) is 4.79 Å². The molecule has 0 bridgehead atoms. The molecule has 0 spiro atoms. The van der Waals surface area contributed by atoms with E-state index in [0.717, 1.165) is 27.8 Å². The first-order valence-electron chi connectivity index (χ1n) is 11.6. The number of hydrogen-bond donors (Lipinski definition) is 3. The molecule has 0 aliphatic heterocycles. The molecule has 0 saturated carbocycles. The number of ether oxygens (including phenoxy) is 1. The number of hydrogen-bond acceptors (Lipinski definition) is 4. The fourth-order valence-electron chi connectivity index (χ4n) is 4.31. The average molecular weight is 473 g/mol. The van der Waals surface area contributed by atoms with Gasteiger partial charge in [0, 0.05) is 18.9 Å². The first-order chi connectivity index (χ1) is 16.9. The minimum absolute atomic E-state index is 0.0359. The lowest BCUT2D eigenvalue weighted by atomic mass is 9.98. The number of carboxylic acid groups (broad SMARTS) is 1. The van der Waals surface area contributed by atoms with Crippen molar-refractivity contribution >= 4 is 18.0 Å². The summed E-state index contributed by atoms with van der Waals surface area (Å²) in [7, 11) is 0. The van der Waals surface area contributed by atoms with E-state index in [1.54, 1.807) is 0 Å². The SMILES string of the molecule is CC(CNC(=O)[C@H](Cc1ccccc1)NC(=O)OCC1c2ccccc2-c2ccccc21)C(=O)O. The molecule has 2 amide bonds. The Balaban J connectivity index is 1.43. The largest absolute Gasteiger partial charge is 0.481 e. The standard InChI is InChI=1S/C28H28N2O5/c1-18(27(32)33)16-29-26(31)25(15-19-9-3-2-4-10-19)30-28(34)35-17-24-22-13-7-5-11-20(22)21-12-6-8-14-23(21)24/h2-14,18,24-25H,15-17H2,1H3,(H,29,31)(H,30,34)(H,32,33)/t18?,25-/m0/s1. The van der Waals surface area contributed by atoms with Crippen LogP contribution in [0, 0.1) is 5.92 Å². The van der Waals surface area contributed by atoms with Crippen molar-refractivity contribution in [3.8, 4) is 11.1 Å². The van der Waals surface area contributed by atoms with Gasteiger partial charge in [0.15, 0.2) is 0 Å². The number of carboxylic acids is 1. The van der Waals surface area contributed by atoms with Crippen molar-refractivity contribution in [2.45, 2.75) is 25.3 Å². The average Bonchev–Trinajstić information content (AvgIpc) is 3.19. The van der Waals surface area contributed by atoms with Gasteiger partial charge in [-0.05, 0) is 27.8 Å². The third kappa shape index (κ3) is 5.69. The summed E-state index contributed by atoms with van der Waals surface area (Å²) in [5.74, 6) is -2.30. The van der Waals surface area contributed by atoms with Gasteiger partial charge < -0.3 is 20.5 Å². The van der Waals surface area contributed by atoms with Gasteiger partial charge in [-0.3, -0.25) is 9.59 Å². The Hall–Kier alpha value is -4.13. The quantitative estimate of drug-likeness (QED) is 0.437. The number of aliphatic carboxylic acids is 1. The van der Waals surface area contributed by atoms with Crippen LogP contribution in [0.4, 0.5) is 4.79 Å². The van der Waals surface area contributed by atoms with Crippen LogP contribution in [0.25, 0.3) is 11.1 Å². The van der Waals surface area contributed by atoms with Crippen molar-refractivity contribution in [3.63, 3.8) is 0 Å². The van der Waals surface area contributed by atoms with E-state index in [2.05, 4.69) is 22.8 Å². The zero-order valence-electron chi connectivity index (χ0n) is 19.4. The number of carbonyl (C=O) groups is 3. The molecular formula is C28H28N2O5. The van der Waals surface area contributed by atoms with Crippen molar-refractivity contribution in [3.05, 3.63) is 95.6 Å². The smallest absolute Gasteiger partial charge is 0.407 e. The lowest BCUT2D eigenvalue weighted by Crippen LogP contribution is -2.49. The van der Waals surface area contributed by atoms with Crippen molar-refractivity contribution in [1.29, 1.82) is 0 Å². The highest BCUT2D eigenvalue weighted by Crippen LogP contribution is 2.44. The van der Waals surface area contributed by atoms with Crippen LogP contribution in [-0.4, -0.2) is 42.3 Å². The molecule has 0 radical (unpaired) electrons. The van der Waals surface area contributed by atoms with E-state index in [4.69, 9.17) is 9.84 Å². The van der Waals surface area contributed by atoms with Gasteiger partial charge in [0.05, 0.1) is 5.92 Å². The van der Waals surface area contributed by atoms with Crippen molar-refractivity contribution in [1.82, 2.24) is 10.6 Å². The number of fused-ring (bicyclic) bond motifs is 3. The molecule has 1 unspecified atom stereocenters. The van der Waals surface area contributed by atoms with Gasteiger partial charge in [0.25, 0.3) is 0 Å². The number of benzene rings is 3. The van der Waals surface area contributed by atoms with Crippen molar-refractivity contribution in [2.24, 2.45) is 5.92 Å². The Kier molecular flexibility index (Phi) is 7.45. The van der Waals surface area contributed by atoms with Crippen LogP contribution in [0.3, 0.4) is 0 Å². The summed E-state index contributed by atoms with van der Waals surface area (Å²) >= 11 is 0. The molecule has 0 heterocycles. The van der Waals surface area contributed by atoms with Crippen LogP contribution in [0.2, 0.25) is 0 Å². The monoisotopic (exact) mass is 472 g/mol. The maximum absolute atomic E-state index is 12.8. The minimum atomic E-state index is -1.01. The predicted molar refractivity (Wildman–Crippen MR) is 132 cm³/mol. The molecule has 7 nitrogen and oxygen atoms in total. The molecule has 3 aromatic carbocycles. The number of amides is 2. The van der Waals surface area contributed by atoms with Crippen LogP contribution in [0.15, 0.2) is 78.9 Å². The van der Waals surface area contributed by atoms with E-state index in [1.807, 2.05) is 66.7 Å². The summed E-state index contributed by atoms with van der Waals surface area (Å²) in [5, 5.41) is 14.4. The van der Waals surface area contributed by atoms with Crippen molar-refractivity contribution in [2.75, 3.05) is 13.2 Å². The van der Waals surface area contributed by atoms with Gasteiger partial charge in [0.1, 0.15) is 12.6 Å². The third-order valence-corrected chi connectivity index (χ3v) is 6.24. The first kappa shape index (κ1) is 24.0. The lowest BCUT2D eigenvalue weighted by molar-refractivity contribution is -0.141. The van der Waals surface area contributed by atoms with E-state index in [0.29, 0.717) is 0 Å². The van der Waals surface area contributed by atoms with Crippen LogP contribution >= 0.6 is 0 Å². The molecule has 0 fully saturated rings. The Morgan fingerprint density at radius 1 is 0.886 bits per heavy atom. The van der Waals surface area contributed by atoms with E-state index >= 15 is 0 Å². The molecule has 35 heavy (non-hydrogen) atoms. The highest BCUT2D eigenvalue weighted by molar-refractivity contribution is 5.86. The molecule has 3 aromatic rings. The zero-order valence-corrected chi connectivity index (χ0v) is 19.4. The number of nitrogens with one attached hydrogen (secondary N) is 2. The van der Waals surface area contributed by atoms with E-state index in [1.165, 1.54) is 6.92 Å². The fraction of sp³-hybridized carbons (Fsp3) is 0.250. The summed E-state index contributed by atoms with van der Waals surface area (Å²) in [6, 6.07) is 24.5. The minimum Gasteiger partial charge on any atom is -0.481 e. The zero-order chi connectivity index (χ0) is 24.8. The summed E-state index contributed by atoms with van der Waals surface area (Å²) < 4.78 is 5.60. The first-order valence-corrected chi connectivity index (χ1v) is 11.6. The van der Waals surface area contributed by atoms with Gasteiger partial charge in [0.2, 0.25) is 5.91 Å². The molecule has 3 N–H and O–H groups in total. The second-order valence-electron chi connectivity index (χ2n) is 8.70. The Bertz CT molecular complexity index is 1170. The number of alkyl carbamates (subject to hydrolysis) is 1. The lowest BCUT2D eigenvalue weighted by Gasteiger charge is -2.20. The molecule has 2 atom stereocenters. The van der Waals surface area contributed by atoms with E-state index < -0.39 is 29.9 Å². The van der Waals surface area contributed by atoms with Crippen LogP contribution in [0.1, 0.15) is 29.5 Å². The molecule has 7 heteroatoms. The second kappa shape index (κ2) is 10.9. The molecule has 1 aliphatic carbocycles. The predicted octanol–water partition coefficient (Wildman–Crippen LogP) is 3.97. The maximum atomic E-state index is 12.8. The van der Waals surface area contributed by atoms with E-state index in [9.17, 15) is 14.4 Å². The summed E-state index contributed by atoms with van der Waals surface area (Å²) in [6.45, 7) is 1.61. The highest BCUT2D eigenvalue weighted by Gasteiger charge is 2.30. The topological polar surface area (TPSA) is 105 Å². The fourth-order valence-corrected chi connectivity index (χ4v) is 4.31. The van der Waals surface area contributed by atoms with Gasteiger partial charge in [-0.15, -0.1) is 0 Å². The number of carbonyl (C=O) groups excluding carboxylic acids is 2. The Labute approximate surface area is 204 Å². The molecular weight excluding hydrogens is 444 g/mol. The maximum Gasteiger partial charge on any atom is 0.407 e. The molecule has 4 rings (SSSR count). The normalized spacial score (nSPS) is 13.7. The Morgan fingerprint density at radius 2 is 1.46 bits per heavy atom. The van der Waals surface area contributed by atoms with Crippen molar-refractivity contribution < 1.29 is 24.2 Å². The summed E-state index contributed by atoms with van der Waals surface area (Å²) in [6.07, 6.45) is -0.451. The van der Waals surface area contributed by atoms with Gasteiger partial charge in [-0.1, -0.05) is 85.8 Å². The molecule has 180 valence electrons. The summed E-state index contributed by atoms with van der Waals surface area (Å²) in [5.41, 5.74) is 5.32. The van der Waals surface area contributed by atoms with Crippen LogP contribution < -0.4 is 10.6 Å². The molecule has 0 aromatic heterocycles. The second-order valence-corrected chi connectivity index (χ2v) is 8.70. The third-order valence-electron chi connectivity index (χ3n) is 6.24. The Morgan fingerprint density at radius 3 is 2.06 bits per heavy atom. The number of rotatable bonds is 9. The van der Waals surface area contributed by atoms with Crippen LogP contribution in [0.5, 0.6) is 0 Å². The van der Waals surface area contributed by atoms with E-state index in [-0.39, 0.29) is 25.5 Å².